The topological polar surface area (TPSA) is 37.3 Å². The molecule has 1 atom stereocenters. The summed E-state index contributed by atoms with van der Waals surface area (Å²) < 4.78 is 10.4. The summed E-state index contributed by atoms with van der Waals surface area (Å²) >= 11 is 0. The van der Waals surface area contributed by atoms with Gasteiger partial charge in [0.2, 0.25) is 0 Å². The van der Waals surface area contributed by atoms with E-state index < -0.39 is 8.03 Å². The van der Waals surface area contributed by atoms with E-state index in [4.69, 9.17) is 4.89 Å². The highest BCUT2D eigenvalue weighted by Crippen LogP contribution is 2.29. The molecule has 0 aliphatic heterocycles. The molecule has 0 aromatic heterocycles. The van der Waals surface area contributed by atoms with Crippen LogP contribution in [0.15, 0.2) is 11.9 Å². The van der Waals surface area contributed by atoms with Crippen LogP contribution in [0.3, 0.4) is 0 Å². The van der Waals surface area contributed by atoms with E-state index in [1.807, 2.05) is 0 Å². The van der Waals surface area contributed by atoms with Gasteiger partial charge < -0.3 is 0 Å². The largest absolute Gasteiger partial charge is 0.540 e. The van der Waals surface area contributed by atoms with Crippen LogP contribution in [0.4, 0.5) is 0 Å². The van der Waals surface area contributed by atoms with E-state index >= 15 is 0 Å². The first kappa shape index (κ1) is 10.8. The molecule has 3 heteroatoms. The molecule has 0 rings (SSSR count). The van der Waals surface area contributed by atoms with Gasteiger partial charge in [-0.2, -0.15) is 4.89 Å². The van der Waals surface area contributed by atoms with Gasteiger partial charge in [-0.05, 0) is 17.6 Å². The summed E-state index contributed by atoms with van der Waals surface area (Å²) in [5.74, 6) is 0. The van der Waals surface area contributed by atoms with Crippen LogP contribution in [0.1, 0.15) is 39.0 Å². The summed E-state index contributed by atoms with van der Waals surface area (Å²) in [5, 5.41) is 0.483. The lowest BCUT2D eigenvalue weighted by Crippen LogP contribution is -1.78. The number of allylic oxidation sites excluding steroid dienone is 1. The molecule has 0 saturated carbocycles. The summed E-state index contributed by atoms with van der Waals surface area (Å²) in [5.41, 5.74) is 0. The van der Waals surface area contributed by atoms with E-state index in [1.165, 1.54) is 12.8 Å². The van der Waals surface area contributed by atoms with Crippen LogP contribution in [0, 0.1) is 0 Å². The van der Waals surface area contributed by atoms with Crippen LogP contribution in [0.2, 0.25) is 0 Å². The molecule has 0 aromatic rings. The maximum absolute atomic E-state index is 10.4. The van der Waals surface area contributed by atoms with Crippen molar-refractivity contribution in [2.75, 3.05) is 0 Å². The standard InChI is InChI=1S/C8H15O2P/c1-3-4-5-6-7-8(2)11(9)10/h2-7H2,1H3/p+1. The Bertz CT molecular complexity index is 143. The van der Waals surface area contributed by atoms with E-state index in [0.29, 0.717) is 11.7 Å². The first-order chi connectivity index (χ1) is 5.18. The molecule has 0 amide bonds. The number of rotatable bonds is 6. The monoisotopic (exact) mass is 175 g/mol. The molecule has 0 aliphatic rings. The molecule has 0 aromatic carbocycles. The predicted molar refractivity (Wildman–Crippen MR) is 47.7 cm³/mol. The molecule has 1 unspecified atom stereocenters. The Labute approximate surface area is 69.2 Å². The average Bonchev–Trinajstić information content (AvgIpc) is 1.97. The fraction of sp³-hybridized carbons (Fsp3) is 0.750. The summed E-state index contributed by atoms with van der Waals surface area (Å²) in [7, 11) is -2.13. The third kappa shape index (κ3) is 6.21. The molecule has 11 heavy (non-hydrogen) atoms. The summed E-state index contributed by atoms with van der Waals surface area (Å²) in [4.78, 5) is 8.59. The lowest BCUT2D eigenvalue weighted by atomic mass is 10.1. The van der Waals surface area contributed by atoms with Crippen molar-refractivity contribution in [3.63, 3.8) is 0 Å². The third-order valence-electron chi connectivity index (χ3n) is 1.59. The Morgan fingerprint density at radius 3 is 2.55 bits per heavy atom. The summed E-state index contributed by atoms with van der Waals surface area (Å²) in [6, 6.07) is 0. The van der Waals surface area contributed by atoms with Crippen molar-refractivity contribution < 1.29 is 9.46 Å². The molecular weight excluding hydrogens is 159 g/mol. The van der Waals surface area contributed by atoms with Gasteiger partial charge in [0.15, 0.2) is 5.31 Å². The van der Waals surface area contributed by atoms with E-state index in [9.17, 15) is 4.57 Å². The van der Waals surface area contributed by atoms with Crippen LogP contribution >= 0.6 is 8.03 Å². The van der Waals surface area contributed by atoms with Crippen molar-refractivity contribution in [2.45, 2.75) is 39.0 Å². The molecule has 1 N–H and O–H groups in total. The van der Waals surface area contributed by atoms with Gasteiger partial charge >= 0.3 is 8.03 Å². The number of unbranched alkanes of at least 4 members (excludes halogenated alkanes) is 3. The van der Waals surface area contributed by atoms with Crippen molar-refractivity contribution in [3.8, 4) is 0 Å². The van der Waals surface area contributed by atoms with Gasteiger partial charge in [-0.3, -0.25) is 0 Å². The zero-order valence-corrected chi connectivity index (χ0v) is 7.94. The minimum absolute atomic E-state index is 0.483. The molecular formula is C8H16O2P+. The Morgan fingerprint density at radius 1 is 1.45 bits per heavy atom. The van der Waals surface area contributed by atoms with Crippen molar-refractivity contribution in [2.24, 2.45) is 0 Å². The van der Waals surface area contributed by atoms with Gasteiger partial charge in [-0.25, -0.2) is 0 Å². The average molecular weight is 175 g/mol. The normalized spacial score (nSPS) is 11.3. The second-order valence-electron chi connectivity index (χ2n) is 2.65. The lowest BCUT2D eigenvalue weighted by Gasteiger charge is -1.93. The van der Waals surface area contributed by atoms with Crippen molar-refractivity contribution in [3.05, 3.63) is 11.9 Å². The fourth-order valence-electron chi connectivity index (χ4n) is 0.851. The lowest BCUT2D eigenvalue weighted by molar-refractivity contribution is 0.507. The molecule has 2 nitrogen and oxygen atoms in total. The van der Waals surface area contributed by atoms with Crippen LogP contribution in [0.5, 0.6) is 0 Å². The first-order valence-electron chi connectivity index (χ1n) is 4.02. The summed E-state index contributed by atoms with van der Waals surface area (Å²) in [6.07, 6.45) is 5.23. The quantitative estimate of drug-likeness (QED) is 0.497. The molecule has 64 valence electrons. The minimum Gasteiger partial charge on any atom is -0.156 e. The highest BCUT2D eigenvalue weighted by molar-refractivity contribution is 7.43. The Hall–Kier alpha value is -0.200. The van der Waals surface area contributed by atoms with Crippen LogP contribution in [-0.4, -0.2) is 4.89 Å². The van der Waals surface area contributed by atoms with E-state index in [0.717, 1.165) is 12.8 Å². The maximum Gasteiger partial charge on any atom is 0.540 e. The molecule has 0 radical (unpaired) electrons. The molecule has 0 fully saturated rings. The zero-order valence-electron chi connectivity index (χ0n) is 7.05. The first-order valence-corrected chi connectivity index (χ1v) is 5.23. The van der Waals surface area contributed by atoms with Crippen LogP contribution < -0.4 is 0 Å². The molecule has 0 saturated heterocycles. The molecule has 0 bridgehead atoms. The Kier molecular flexibility index (Phi) is 6.39. The Balaban J connectivity index is 3.25. The van der Waals surface area contributed by atoms with Gasteiger partial charge in [0, 0.05) is 6.42 Å². The second-order valence-corrected chi connectivity index (χ2v) is 3.83. The second kappa shape index (κ2) is 6.51. The van der Waals surface area contributed by atoms with Crippen molar-refractivity contribution in [1.82, 2.24) is 0 Å². The van der Waals surface area contributed by atoms with Gasteiger partial charge in [0.05, 0.1) is 0 Å². The molecule has 0 aliphatic carbocycles. The molecule has 0 spiro atoms. The van der Waals surface area contributed by atoms with Gasteiger partial charge in [-0.15, -0.1) is 0 Å². The number of hydrogen-bond acceptors (Lipinski definition) is 1. The van der Waals surface area contributed by atoms with Crippen molar-refractivity contribution >= 4 is 8.03 Å². The highest BCUT2D eigenvalue weighted by Gasteiger charge is 2.15. The maximum atomic E-state index is 10.4. The van der Waals surface area contributed by atoms with Gasteiger partial charge in [0.1, 0.15) is 0 Å². The Morgan fingerprint density at radius 2 is 2.09 bits per heavy atom. The fourth-order valence-corrected chi connectivity index (χ4v) is 1.20. The van der Waals surface area contributed by atoms with Crippen molar-refractivity contribution in [1.29, 1.82) is 0 Å². The van der Waals surface area contributed by atoms with Gasteiger partial charge in [-0.1, -0.05) is 26.2 Å². The minimum atomic E-state index is -2.13. The SMILES string of the molecule is C=C(CCCCCC)[P+](=O)O. The van der Waals surface area contributed by atoms with E-state index in [-0.39, 0.29) is 0 Å². The number of hydrogen-bond donors (Lipinski definition) is 1. The third-order valence-corrected chi connectivity index (χ3v) is 2.35. The van der Waals surface area contributed by atoms with E-state index in [1.54, 1.807) is 0 Å². The predicted octanol–water partition coefficient (Wildman–Crippen LogP) is 3.21. The van der Waals surface area contributed by atoms with Crippen LogP contribution in [0.25, 0.3) is 0 Å². The zero-order chi connectivity index (χ0) is 8.69. The summed E-state index contributed by atoms with van der Waals surface area (Å²) in [6.45, 7) is 5.66. The molecule has 0 heterocycles. The van der Waals surface area contributed by atoms with E-state index in [2.05, 4.69) is 13.5 Å². The van der Waals surface area contributed by atoms with Crippen LogP contribution in [-0.2, 0) is 4.57 Å². The smallest absolute Gasteiger partial charge is 0.156 e. The highest BCUT2D eigenvalue weighted by atomic mass is 31.1. The van der Waals surface area contributed by atoms with Gasteiger partial charge in [0.25, 0.3) is 0 Å².